The van der Waals surface area contributed by atoms with Crippen LogP contribution in [-0.4, -0.2) is 0 Å². The summed E-state index contributed by atoms with van der Waals surface area (Å²) < 4.78 is 0. The van der Waals surface area contributed by atoms with Gasteiger partial charge in [0.1, 0.15) is 0 Å². The fourth-order valence-corrected chi connectivity index (χ4v) is 15.3. The maximum absolute atomic E-state index is 2.63. The molecule has 0 N–H and O–H groups in total. The first-order valence-corrected chi connectivity index (χ1v) is 33.9. The van der Waals surface area contributed by atoms with Gasteiger partial charge in [-0.15, -0.1) is 0 Å². The Hall–Kier alpha value is -12.6. The van der Waals surface area contributed by atoms with Gasteiger partial charge >= 0.3 is 0 Å². The smallest absolute Gasteiger partial charge is 0.0621 e. The van der Waals surface area contributed by atoms with Crippen molar-refractivity contribution in [2.45, 2.75) is 19.3 Å². The van der Waals surface area contributed by atoms with E-state index in [1.54, 1.807) is 0 Å². The Morgan fingerprint density at radius 2 is 0.439 bits per heavy atom. The Morgan fingerprint density at radius 3 is 0.776 bits per heavy atom. The Morgan fingerprint density at radius 1 is 0.184 bits per heavy atom. The number of nitrogens with zero attached hydrogens (tertiary/aromatic N) is 3. The van der Waals surface area contributed by atoms with Crippen LogP contribution in [0.25, 0.3) is 99.4 Å². The van der Waals surface area contributed by atoms with Crippen molar-refractivity contribution in [2.75, 3.05) is 14.7 Å². The molecule has 0 aliphatic heterocycles. The summed E-state index contributed by atoms with van der Waals surface area (Å²) in [6.07, 6.45) is 0. The Balaban J connectivity index is 1.11. The van der Waals surface area contributed by atoms with Gasteiger partial charge in [0.15, 0.2) is 0 Å². The molecule has 98 heavy (non-hydrogen) atoms. The summed E-state index contributed by atoms with van der Waals surface area (Å²) in [6, 6.07) is 141. The fraction of sp³-hybridized carbons (Fsp3) is 0.0316. The summed E-state index contributed by atoms with van der Waals surface area (Å²) in [6.45, 7) is 4.83. The first-order chi connectivity index (χ1) is 48.5. The van der Waals surface area contributed by atoms with Gasteiger partial charge in [-0.2, -0.15) is 0 Å². The van der Waals surface area contributed by atoms with Crippen molar-refractivity contribution in [3.05, 3.63) is 393 Å². The molecular formula is C95H69N3. The van der Waals surface area contributed by atoms with E-state index in [9.17, 15) is 0 Å². The summed E-state index contributed by atoms with van der Waals surface area (Å²) in [7, 11) is 0. The van der Waals surface area contributed by atoms with E-state index in [4.69, 9.17) is 0 Å². The molecule has 0 bridgehead atoms. The monoisotopic (exact) mass is 1250 g/mol. The average molecular weight is 1250 g/mol. The molecule has 0 radical (unpaired) electrons. The predicted octanol–water partition coefficient (Wildman–Crippen LogP) is 26.7. The van der Waals surface area contributed by atoms with Crippen LogP contribution >= 0.6 is 0 Å². The second kappa shape index (κ2) is 25.3. The summed E-state index contributed by atoms with van der Waals surface area (Å²) in [4.78, 5) is 7.77. The van der Waals surface area contributed by atoms with E-state index < -0.39 is 0 Å². The molecule has 0 heterocycles. The highest BCUT2D eigenvalue weighted by Crippen LogP contribution is 2.60. The molecule has 0 fully saturated rings. The van der Waals surface area contributed by atoms with Gasteiger partial charge in [-0.05, 0) is 116 Å². The normalized spacial score (nSPS) is 12.1. The number of hydrogen-bond acceptors (Lipinski definition) is 3. The van der Waals surface area contributed by atoms with Gasteiger partial charge in [0, 0.05) is 66.0 Å². The van der Waals surface area contributed by atoms with Crippen LogP contribution in [-0.2, 0) is 5.41 Å². The molecule has 0 aromatic heterocycles. The molecule has 17 rings (SSSR count). The maximum atomic E-state index is 2.63. The van der Waals surface area contributed by atoms with Gasteiger partial charge in [-0.3, -0.25) is 0 Å². The van der Waals surface area contributed by atoms with E-state index in [0.717, 1.165) is 139 Å². The molecule has 16 aromatic rings. The van der Waals surface area contributed by atoms with Crippen LogP contribution in [0.5, 0.6) is 0 Å². The lowest BCUT2D eigenvalue weighted by molar-refractivity contribution is 0.661. The molecule has 0 amide bonds. The van der Waals surface area contributed by atoms with Crippen molar-refractivity contribution in [1.29, 1.82) is 0 Å². The summed E-state index contributed by atoms with van der Waals surface area (Å²) in [5, 5.41) is 4.34. The summed E-state index contributed by atoms with van der Waals surface area (Å²) in [5.74, 6) is 0. The largest absolute Gasteiger partial charge is 0.309 e. The topological polar surface area (TPSA) is 9.72 Å². The minimum atomic E-state index is -0.358. The summed E-state index contributed by atoms with van der Waals surface area (Å²) in [5.41, 5.74) is 27.6. The predicted molar refractivity (Wildman–Crippen MR) is 416 cm³/mol. The van der Waals surface area contributed by atoms with Crippen LogP contribution < -0.4 is 14.7 Å². The number of para-hydroxylation sites is 6. The van der Waals surface area contributed by atoms with Crippen molar-refractivity contribution in [1.82, 2.24) is 0 Å². The number of anilines is 9. The van der Waals surface area contributed by atoms with Crippen molar-refractivity contribution in [2.24, 2.45) is 0 Å². The molecule has 3 nitrogen and oxygen atoms in total. The molecular weight excluding hydrogens is 1180 g/mol. The maximum Gasteiger partial charge on any atom is 0.0621 e. The lowest BCUT2D eigenvalue weighted by Gasteiger charge is -2.36. The molecule has 0 saturated carbocycles. The second-order valence-corrected chi connectivity index (χ2v) is 25.8. The van der Waals surface area contributed by atoms with Crippen molar-refractivity contribution in [3.63, 3.8) is 0 Å². The average Bonchev–Trinajstić information content (AvgIpc) is 1.21. The van der Waals surface area contributed by atoms with Crippen LogP contribution in [0.2, 0.25) is 0 Å². The summed E-state index contributed by atoms with van der Waals surface area (Å²) >= 11 is 0. The van der Waals surface area contributed by atoms with Crippen LogP contribution in [0.4, 0.5) is 51.2 Å². The van der Waals surface area contributed by atoms with E-state index in [-0.39, 0.29) is 5.41 Å². The Kier molecular flexibility index (Phi) is 15.3. The zero-order valence-electron chi connectivity index (χ0n) is 54.7. The van der Waals surface area contributed by atoms with Gasteiger partial charge in [-0.25, -0.2) is 0 Å². The van der Waals surface area contributed by atoms with E-state index >= 15 is 0 Å². The number of benzene rings is 16. The SMILES string of the molecule is CC1(C)c2ccccc2-c2cc3c(N(c4ccccc4-c4ccccc4)c4ccccc4-c4ccccc4)c4cc(N(c5ccccc5-c5ccccc5)c5ccccc5-c5ccccc5)ccc4c(N(c4ccccc4-c4ccccc4)c4ccccc4-c4ccccc4)c3cc21. The van der Waals surface area contributed by atoms with Crippen LogP contribution in [0.1, 0.15) is 25.0 Å². The highest BCUT2D eigenvalue weighted by Gasteiger charge is 2.38. The third kappa shape index (κ3) is 10.4. The third-order valence-electron chi connectivity index (χ3n) is 19.8. The fourth-order valence-electron chi connectivity index (χ4n) is 15.3. The van der Waals surface area contributed by atoms with Gasteiger partial charge in [0.25, 0.3) is 0 Å². The van der Waals surface area contributed by atoms with Crippen LogP contribution in [0, 0.1) is 0 Å². The van der Waals surface area contributed by atoms with E-state index in [0.29, 0.717) is 0 Å². The quantitative estimate of drug-likeness (QED) is 0.0748. The zero-order chi connectivity index (χ0) is 65.5. The van der Waals surface area contributed by atoms with Crippen molar-refractivity contribution >= 4 is 72.7 Å². The van der Waals surface area contributed by atoms with E-state index in [2.05, 4.69) is 411 Å². The Labute approximate surface area is 574 Å². The van der Waals surface area contributed by atoms with Crippen molar-refractivity contribution < 1.29 is 0 Å². The van der Waals surface area contributed by atoms with E-state index in [1.807, 2.05) is 0 Å². The second-order valence-electron chi connectivity index (χ2n) is 25.8. The molecule has 0 saturated heterocycles. The lowest BCUT2D eigenvalue weighted by atomic mass is 9.81. The zero-order valence-corrected chi connectivity index (χ0v) is 54.7. The first kappa shape index (κ1) is 59.2. The number of rotatable bonds is 15. The molecule has 464 valence electrons. The molecule has 0 spiro atoms. The van der Waals surface area contributed by atoms with E-state index in [1.165, 1.54) is 22.3 Å². The lowest BCUT2D eigenvalue weighted by Crippen LogP contribution is -2.18. The molecule has 0 unspecified atom stereocenters. The van der Waals surface area contributed by atoms with Crippen molar-refractivity contribution in [3.8, 4) is 77.9 Å². The van der Waals surface area contributed by atoms with Gasteiger partial charge in [-0.1, -0.05) is 335 Å². The highest BCUT2D eigenvalue weighted by atomic mass is 15.2. The third-order valence-corrected chi connectivity index (χ3v) is 19.8. The minimum Gasteiger partial charge on any atom is -0.309 e. The first-order valence-electron chi connectivity index (χ1n) is 33.9. The number of hydrogen-bond donors (Lipinski definition) is 0. The molecule has 1 aliphatic carbocycles. The molecule has 0 atom stereocenters. The number of fused-ring (bicyclic) bond motifs is 5. The molecule has 1 aliphatic rings. The standard InChI is InChI=1S/C95H69N3/c1-95(2)85-54-28-21-53-79(85)81-64-83-84(65-86(81)95)93(97(89-57-31-24-49-75(89)68-39-13-5-14-40-68)90-58-32-25-50-76(90)69-41-15-6-16-42-69)80-62-61-72(96(87-55-29-22-47-73(87)66-35-9-3-10-36-66)88-56-30-23-48-74(88)67-37-11-4-12-38-67)63-82(80)94(83)98(91-59-33-26-51-77(91)70-43-17-7-18-44-70)92-60-34-27-52-78(92)71-45-19-8-20-46-71/h3-65H,1-2H3. The van der Waals surface area contributed by atoms with Gasteiger partial charge in [0.2, 0.25) is 0 Å². The molecule has 3 heteroatoms. The van der Waals surface area contributed by atoms with Gasteiger partial charge in [0.05, 0.1) is 45.5 Å². The minimum absolute atomic E-state index is 0.358. The van der Waals surface area contributed by atoms with Gasteiger partial charge < -0.3 is 14.7 Å². The molecule has 16 aromatic carbocycles. The van der Waals surface area contributed by atoms with Crippen LogP contribution in [0.3, 0.4) is 0 Å². The highest BCUT2D eigenvalue weighted by molar-refractivity contribution is 6.26. The Bertz CT molecular complexity index is 5340. The van der Waals surface area contributed by atoms with Crippen LogP contribution in [0.15, 0.2) is 382 Å².